The van der Waals surface area contributed by atoms with Crippen molar-refractivity contribution in [3.05, 3.63) is 35.6 Å². The summed E-state index contributed by atoms with van der Waals surface area (Å²) < 4.78 is 13.5. The molecule has 5 heteroatoms. The summed E-state index contributed by atoms with van der Waals surface area (Å²) in [5, 5.41) is 2.51. The molecule has 0 bridgehead atoms. The van der Waals surface area contributed by atoms with Crippen LogP contribution in [0, 0.1) is 5.82 Å². The minimum atomic E-state index is -0.524. The van der Waals surface area contributed by atoms with E-state index >= 15 is 0 Å². The highest BCUT2D eigenvalue weighted by atomic mass is 19.1. The standard InChI is InChI=1S/C14H19FN2O2/c1-3-8-17(10-14(19)16-2)9-13(18)11-6-4-5-7-12(11)15/h4-7H,3,8-10H2,1-2H3,(H,16,19). The van der Waals surface area contributed by atoms with Crippen molar-refractivity contribution < 1.29 is 14.0 Å². The molecule has 0 saturated heterocycles. The van der Waals surface area contributed by atoms with Crippen molar-refractivity contribution >= 4 is 11.7 Å². The predicted molar refractivity (Wildman–Crippen MR) is 71.5 cm³/mol. The van der Waals surface area contributed by atoms with Gasteiger partial charge in [0.1, 0.15) is 5.82 Å². The van der Waals surface area contributed by atoms with Crippen molar-refractivity contribution in [1.29, 1.82) is 0 Å². The number of hydrogen-bond donors (Lipinski definition) is 1. The van der Waals surface area contributed by atoms with E-state index in [1.807, 2.05) is 6.92 Å². The van der Waals surface area contributed by atoms with Gasteiger partial charge in [-0.15, -0.1) is 0 Å². The lowest BCUT2D eigenvalue weighted by atomic mass is 10.1. The van der Waals surface area contributed by atoms with Crippen LogP contribution in [0.1, 0.15) is 23.7 Å². The highest BCUT2D eigenvalue weighted by molar-refractivity contribution is 5.98. The molecule has 0 radical (unpaired) electrons. The van der Waals surface area contributed by atoms with E-state index in [9.17, 15) is 14.0 Å². The average molecular weight is 266 g/mol. The minimum absolute atomic E-state index is 0.0438. The van der Waals surface area contributed by atoms with E-state index in [4.69, 9.17) is 0 Å². The van der Waals surface area contributed by atoms with E-state index in [-0.39, 0.29) is 30.3 Å². The molecule has 0 aliphatic rings. The number of Topliss-reactive ketones (excluding diaryl/α,β-unsaturated/α-hetero) is 1. The number of nitrogens with zero attached hydrogens (tertiary/aromatic N) is 1. The summed E-state index contributed by atoms with van der Waals surface area (Å²) in [6, 6.07) is 5.89. The minimum Gasteiger partial charge on any atom is -0.358 e. The van der Waals surface area contributed by atoms with Gasteiger partial charge < -0.3 is 5.32 Å². The Hall–Kier alpha value is -1.75. The van der Waals surface area contributed by atoms with E-state index in [2.05, 4.69) is 5.32 Å². The molecule has 104 valence electrons. The monoisotopic (exact) mass is 266 g/mol. The molecule has 19 heavy (non-hydrogen) atoms. The van der Waals surface area contributed by atoms with Gasteiger partial charge >= 0.3 is 0 Å². The Morgan fingerprint density at radius 1 is 1.26 bits per heavy atom. The number of carbonyl (C=O) groups is 2. The van der Waals surface area contributed by atoms with Gasteiger partial charge in [0.15, 0.2) is 5.78 Å². The highest BCUT2D eigenvalue weighted by Gasteiger charge is 2.16. The molecule has 1 amide bonds. The molecular formula is C14H19FN2O2. The number of likely N-dealkylation sites (N-methyl/N-ethyl adjacent to an activating group) is 1. The Morgan fingerprint density at radius 3 is 2.53 bits per heavy atom. The molecule has 0 spiro atoms. The van der Waals surface area contributed by atoms with E-state index in [0.717, 1.165) is 6.42 Å². The second-order valence-corrected chi connectivity index (χ2v) is 4.29. The van der Waals surface area contributed by atoms with Crippen molar-refractivity contribution in [1.82, 2.24) is 10.2 Å². The van der Waals surface area contributed by atoms with Gasteiger partial charge in [-0.05, 0) is 25.1 Å². The number of amides is 1. The topological polar surface area (TPSA) is 49.4 Å². The molecule has 1 rings (SSSR count). The highest BCUT2D eigenvalue weighted by Crippen LogP contribution is 2.08. The van der Waals surface area contributed by atoms with Crippen LogP contribution in [0.3, 0.4) is 0 Å². The summed E-state index contributed by atoms with van der Waals surface area (Å²) in [6.07, 6.45) is 0.821. The van der Waals surface area contributed by atoms with Gasteiger partial charge in [-0.1, -0.05) is 19.1 Å². The van der Waals surface area contributed by atoms with Gasteiger partial charge in [-0.2, -0.15) is 0 Å². The summed E-state index contributed by atoms with van der Waals surface area (Å²) >= 11 is 0. The Balaban J connectivity index is 2.71. The molecule has 0 atom stereocenters. The van der Waals surface area contributed by atoms with Gasteiger partial charge in [-0.25, -0.2) is 4.39 Å². The third-order valence-corrected chi connectivity index (χ3v) is 2.73. The maximum absolute atomic E-state index is 13.5. The van der Waals surface area contributed by atoms with Crippen molar-refractivity contribution in [3.8, 4) is 0 Å². The maximum atomic E-state index is 13.5. The van der Waals surface area contributed by atoms with Gasteiger partial charge in [0, 0.05) is 7.05 Å². The predicted octanol–water partition coefficient (Wildman–Crippen LogP) is 1.47. The number of halogens is 1. The molecule has 1 aromatic rings. The summed E-state index contributed by atoms with van der Waals surface area (Å²) in [5.74, 6) is -0.992. The number of nitrogens with one attached hydrogen (secondary N) is 1. The summed E-state index contributed by atoms with van der Waals surface area (Å²) in [7, 11) is 1.55. The third kappa shape index (κ3) is 4.79. The molecular weight excluding hydrogens is 247 g/mol. The van der Waals surface area contributed by atoms with Crippen LogP contribution in [0.15, 0.2) is 24.3 Å². The van der Waals surface area contributed by atoms with Crippen LogP contribution >= 0.6 is 0 Å². The molecule has 1 N–H and O–H groups in total. The molecule has 0 aromatic heterocycles. The quantitative estimate of drug-likeness (QED) is 0.760. The lowest BCUT2D eigenvalue weighted by Crippen LogP contribution is -2.39. The molecule has 0 fully saturated rings. The fraction of sp³-hybridized carbons (Fsp3) is 0.429. The number of hydrogen-bond acceptors (Lipinski definition) is 3. The number of rotatable bonds is 7. The normalized spacial score (nSPS) is 10.5. The van der Waals surface area contributed by atoms with Crippen molar-refractivity contribution in [2.24, 2.45) is 0 Å². The molecule has 4 nitrogen and oxygen atoms in total. The third-order valence-electron chi connectivity index (χ3n) is 2.73. The van der Waals surface area contributed by atoms with Gasteiger partial charge in [0.05, 0.1) is 18.7 Å². The molecule has 0 saturated carbocycles. The van der Waals surface area contributed by atoms with Gasteiger partial charge in [0.25, 0.3) is 0 Å². The number of ketones is 1. The molecule has 0 aliphatic carbocycles. The second-order valence-electron chi connectivity index (χ2n) is 4.29. The SMILES string of the molecule is CCCN(CC(=O)NC)CC(=O)c1ccccc1F. The van der Waals surface area contributed by atoms with E-state index in [0.29, 0.717) is 6.54 Å². The Bertz CT molecular complexity index is 449. The first-order chi connectivity index (χ1) is 9.08. The first kappa shape index (κ1) is 15.3. The van der Waals surface area contributed by atoms with Crippen molar-refractivity contribution in [3.63, 3.8) is 0 Å². The summed E-state index contributed by atoms with van der Waals surface area (Å²) in [6.45, 7) is 2.77. The van der Waals surface area contributed by atoms with E-state index in [1.54, 1.807) is 24.1 Å². The van der Waals surface area contributed by atoms with Gasteiger partial charge in [-0.3, -0.25) is 14.5 Å². The first-order valence-electron chi connectivity index (χ1n) is 6.29. The Morgan fingerprint density at radius 2 is 1.95 bits per heavy atom. The lowest BCUT2D eigenvalue weighted by Gasteiger charge is -2.19. The van der Waals surface area contributed by atoms with Crippen molar-refractivity contribution in [2.45, 2.75) is 13.3 Å². The fourth-order valence-electron chi connectivity index (χ4n) is 1.79. The smallest absolute Gasteiger partial charge is 0.233 e. The van der Waals surface area contributed by atoms with Crippen LogP contribution in [-0.4, -0.2) is 43.3 Å². The Labute approximate surface area is 112 Å². The van der Waals surface area contributed by atoms with Crippen LogP contribution in [0.5, 0.6) is 0 Å². The zero-order valence-corrected chi connectivity index (χ0v) is 11.3. The summed E-state index contributed by atoms with van der Waals surface area (Å²) in [5.41, 5.74) is 0.0699. The van der Waals surface area contributed by atoms with Crippen LogP contribution in [0.4, 0.5) is 4.39 Å². The number of benzene rings is 1. The molecule has 0 unspecified atom stereocenters. The first-order valence-corrected chi connectivity index (χ1v) is 6.29. The zero-order valence-electron chi connectivity index (χ0n) is 11.3. The van der Waals surface area contributed by atoms with Gasteiger partial charge in [0.2, 0.25) is 5.91 Å². The average Bonchev–Trinajstić information content (AvgIpc) is 2.39. The summed E-state index contributed by atoms with van der Waals surface area (Å²) in [4.78, 5) is 25.1. The van der Waals surface area contributed by atoms with E-state index < -0.39 is 5.82 Å². The lowest BCUT2D eigenvalue weighted by molar-refractivity contribution is -0.121. The second kappa shape index (κ2) is 7.63. The van der Waals surface area contributed by atoms with E-state index in [1.165, 1.54) is 12.1 Å². The zero-order chi connectivity index (χ0) is 14.3. The molecule has 1 aromatic carbocycles. The largest absolute Gasteiger partial charge is 0.358 e. The fourth-order valence-corrected chi connectivity index (χ4v) is 1.79. The van der Waals surface area contributed by atoms with Crippen LogP contribution in [0.25, 0.3) is 0 Å². The molecule has 0 heterocycles. The van der Waals surface area contributed by atoms with Crippen LogP contribution in [-0.2, 0) is 4.79 Å². The Kier molecular flexibility index (Phi) is 6.15. The molecule has 0 aliphatic heterocycles. The van der Waals surface area contributed by atoms with Crippen molar-refractivity contribution in [2.75, 3.05) is 26.7 Å². The maximum Gasteiger partial charge on any atom is 0.233 e. The van der Waals surface area contributed by atoms with Crippen LogP contribution < -0.4 is 5.32 Å². The number of carbonyl (C=O) groups excluding carboxylic acids is 2. The van der Waals surface area contributed by atoms with Crippen LogP contribution in [0.2, 0.25) is 0 Å².